The van der Waals surface area contributed by atoms with Crippen LogP contribution in [0, 0.1) is 0 Å². The Hall–Kier alpha value is -1.56. The quantitative estimate of drug-likeness (QED) is 0.834. The second-order valence-electron chi connectivity index (χ2n) is 4.22. The molecule has 1 unspecified atom stereocenters. The molecule has 1 aliphatic rings. The van der Waals surface area contributed by atoms with E-state index in [1.165, 1.54) is 12.8 Å². The first kappa shape index (κ1) is 11.9. The number of nitrogens with zero attached hydrogens (tertiary/aromatic N) is 2. The summed E-state index contributed by atoms with van der Waals surface area (Å²) in [4.78, 5) is 16.6. The van der Waals surface area contributed by atoms with Crippen molar-refractivity contribution in [1.82, 2.24) is 9.88 Å². The molecule has 1 aromatic heterocycles. The van der Waals surface area contributed by atoms with Crippen LogP contribution in [0.3, 0.4) is 0 Å². The fraction of sp³-hybridized carbons (Fsp3) is 0.636. The molecule has 2 heterocycles. The molecule has 0 aliphatic carbocycles. The van der Waals surface area contributed by atoms with Crippen molar-refractivity contribution in [2.24, 2.45) is 0 Å². The number of hydrogen-bond donors (Lipinski definition) is 1. The molecular weight excluding hydrogens is 224 g/mol. The number of oxazole rings is 1. The van der Waals surface area contributed by atoms with E-state index in [4.69, 9.17) is 14.3 Å². The largest absolute Gasteiger partial charge is 0.476 e. The minimum Gasteiger partial charge on any atom is -0.476 e. The van der Waals surface area contributed by atoms with Gasteiger partial charge in [0.2, 0.25) is 0 Å². The van der Waals surface area contributed by atoms with Crippen LogP contribution in [0.15, 0.2) is 10.7 Å². The minimum absolute atomic E-state index is 0.0306. The van der Waals surface area contributed by atoms with Gasteiger partial charge in [0.1, 0.15) is 6.26 Å². The first-order chi connectivity index (χ1) is 8.16. The highest BCUT2D eigenvalue weighted by atomic mass is 16.6. The van der Waals surface area contributed by atoms with E-state index in [0.717, 1.165) is 19.2 Å². The molecule has 0 radical (unpaired) electrons. The predicted octanol–water partition coefficient (Wildman–Crippen LogP) is 1.24. The lowest BCUT2D eigenvalue weighted by Gasteiger charge is -2.18. The summed E-state index contributed by atoms with van der Waals surface area (Å²) in [7, 11) is 2.10. The van der Waals surface area contributed by atoms with Crippen molar-refractivity contribution in [2.75, 3.05) is 20.2 Å². The van der Waals surface area contributed by atoms with E-state index in [-0.39, 0.29) is 11.8 Å². The Bertz CT molecular complexity index is 391. The molecule has 0 saturated carbocycles. The zero-order valence-electron chi connectivity index (χ0n) is 9.76. The van der Waals surface area contributed by atoms with Crippen LogP contribution in [0.1, 0.15) is 29.8 Å². The highest BCUT2D eigenvalue weighted by Gasteiger charge is 2.20. The Kier molecular flexibility index (Phi) is 3.63. The van der Waals surface area contributed by atoms with Crippen molar-refractivity contribution < 1.29 is 19.1 Å². The molecule has 0 amide bonds. The van der Waals surface area contributed by atoms with Crippen molar-refractivity contribution in [2.45, 2.75) is 25.3 Å². The standard InChI is InChI=1S/C11H16N2O4/c1-13-5-2-3-8(13)4-6-16-11-12-9(7-17-11)10(14)15/h7-8H,2-6H2,1H3,(H,14,15). The van der Waals surface area contributed by atoms with Crippen molar-refractivity contribution >= 4 is 5.97 Å². The highest BCUT2D eigenvalue weighted by molar-refractivity contribution is 5.84. The topological polar surface area (TPSA) is 75.8 Å². The van der Waals surface area contributed by atoms with Crippen LogP contribution in [0.4, 0.5) is 0 Å². The van der Waals surface area contributed by atoms with Crippen molar-refractivity contribution in [3.05, 3.63) is 12.0 Å². The molecule has 2 rings (SSSR count). The van der Waals surface area contributed by atoms with E-state index in [1.54, 1.807) is 0 Å². The molecule has 6 heteroatoms. The van der Waals surface area contributed by atoms with Crippen LogP contribution in [0.2, 0.25) is 0 Å². The Morgan fingerprint density at radius 1 is 1.76 bits per heavy atom. The van der Waals surface area contributed by atoms with E-state index in [1.807, 2.05) is 0 Å². The maximum absolute atomic E-state index is 10.6. The first-order valence-corrected chi connectivity index (χ1v) is 5.68. The zero-order chi connectivity index (χ0) is 12.3. The summed E-state index contributed by atoms with van der Waals surface area (Å²) in [6.45, 7) is 1.63. The van der Waals surface area contributed by atoms with Crippen LogP contribution in [-0.4, -0.2) is 47.2 Å². The van der Waals surface area contributed by atoms with Gasteiger partial charge in [-0.25, -0.2) is 4.79 Å². The second kappa shape index (κ2) is 5.18. The zero-order valence-corrected chi connectivity index (χ0v) is 9.76. The van der Waals surface area contributed by atoms with Crippen LogP contribution in [-0.2, 0) is 0 Å². The summed E-state index contributed by atoms with van der Waals surface area (Å²) in [5.41, 5.74) is -0.127. The summed E-state index contributed by atoms with van der Waals surface area (Å²) in [5.74, 6) is -1.11. The van der Waals surface area contributed by atoms with E-state index >= 15 is 0 Å². The summed E-state index contributed by atoms with van der Waals surface area (Å²) in [5, 5.41) is 8.65. The second-order valence-corrected chi connectivity index (χ2v) is 4.22. The van der Waals surface area contributed by atoms with Gasteiger partial charge in [0.25, 0.3) is 0 Å². The van der Waals surface area contributed by atoms with Crippen LogP contribution >= 0.6 is 0 Å². The molecule has 1 atom stereocenters. The number of hydrogen-bond acceptors (Lipinski definition) is 5. The third-order valence-corrected chi connectivity index (χ3v) is 3.05. The monoisotopic (exact) mass is 240 g/mol. The number of aromatic nitrogens is 1. The number of carboxylic acids is 1. The lowest BCUT2D eigenvalue weighted by atomic mass is 10.2. The van der Waals surface area contributed by atoms with E-state index in [2.05, 4.69) is 16.9 Å². The van der Waals surface area contributed by atoms with Gasteiger partial charge in [0.15, 0.2) is 5.69 Å². The summed E-state index contributed by atoms with van der Waals surface area (Å²) < 4.78 is 10.2. The molecule has 0 aromatic carbocycles. The molecule has 0 spiro atoms. The normalized spacial score (nSPS) is 20.6. The average molecular weight is 240 g/mol. The summed E-state index contributed by atoms with van der Waals surface area (Å²) in [6, 6.07) is 0.545. The van der Waals surface area contributed by atoms with Crippen molar-refractivity contribution in [1.29, 1.82) is 0 Å². The van der Waals surface area contributed by atoms with Gasteiger partial charge in [-0.2, -0.15) is 4.98 Å². The Morgan fingerprint density at radius 2 is 2.59 bits per heavy atom. The molecule has 94 valence electrons. The van der Waals surface area contributed by atoms with E-state index in [9.17, 15) is 4.79 Å². The number of rotatable bonds is 5. The van der Waals surface area contributed by atoms with Gasteiger partial charge in [0.05, 0.1) is 6.61 Å². The van der Waals surface area contributed by atoms with Gasteiger partial charge in [-0.3, -0.25) is 0 Å². The number of carbonyl (C=O) groups is 1. The number of ether oxygens (including phenoxy) is 1. The van der Waals surface area contributed by atoms with Gasteiger partial charge >= 0.3 is 12.0 Å². The lowest BCUT2D eigenvalue weighted by molar-refractivity contribution is 0.0690. The summed E-state index contributed by atoms with van der Waals surface area (Å²) >= 11 is 0. The van der Waals surface area contributed by atoms with Crippen molar-refractivity contribution in [3.8, 4) is 6.08 Å². The minimum atomic E-state index is -1.11. The van der Waals surface area contributed by atoms with Gasteiger partial charge in [-0.1, -0.05) is 0 Å². The number of carboxylic acid groups (broad SMARTS) is 1. The Morgan fingerprint density at radius 3 is 3.18 bits per heavy atom. The smallest absolute Gasteiger partial charge is 0.394 e. The average Bonchev–Trinajstić information content (AvgIpc) is 2.89. The van der Waals surface area contributed by atoms with Gasteiger partial charge < -0.3 is 19.2 Å². The molecule has 1 aliphatic heterocycles. The van der Waals surface area contributed by atoms with Crippen LogP contribution in [0.5, 0.6) is 6.08 Å². The molecule has 6 nitrogen and oxygen atoms in total. The lowest BCUT2D eigenvalue weighted by Crippen LogP contribution is -2.26. The maximum Gasteiger partial charge on any atom is 0.394 e. The number of likely N-dealkylation sites (tertiary alicyclic amines) is 1. The fourth-order valence-electron chi connectivity index (χ4n) is 2.05. The summed E-state index contributed by atoms with van der Waals surface area (Å²) in [6.07, 6.45) is 4.43. The Balaban J connectivity index is 1.76. The predicted molar refractivity (Wildman–Crippen MR) is 59.2 cm³/mol. The number of aromatic carboxylic acids is 1. The van der Waals surface area contributed by atoms with Gasteiger partial charge in [0, 0.05) is 6.04 Å². The Labute approximate surface area is 99.2 Å². The van der Waals surface area contributed by atoms with E-state index in [0.29, 0.717) is 12.6 Å². The molecular formula is C11H16N2O4. The molecule has 17 heavy (non-hydrogen) atoms. The van der Waals surface area contributed by atoms with Crippen LogP contribution in [0.25, 0.3) is 0 Å². The molecule has 1 N–H and O–H groups in total. The highest BCUT2D eigenvalue weighted by Crippen LogP contribution is 2.18. The first-order valence-electron chi connectivity index (χ1n) is 5.68. The third-order valence-electron chi connectivity index (χ3n) is 3.05. The van der Waals surface area contributed by atoms with Crippen molar-refractivity contribution in [3.63, 3.8) is 0 Å². The van der Waals surface area contributed by atoms with Gasteiger partial charge in [-0.15, -0.1) is 0 Å². The SMILES string of the molecule is CN1CCCC1CCOc1nc(C(=O)O)co1. The maximum atomic E-state index is 10.6. The van der Waals surface area contributed by atoms with E-state index < -0.39 is 5.97 Å². The molecule has 1 saturated heterocycles. The molecule has 1 aromatic rings. The van der Waals surface area contributed by atoms with Gasteiger partial charge in [-0.05, 0) is 32.9 Å². The fourth-order valence-corrected chi connectivity index (χ4v) is 2.05. The third kappa shape index (κ3) is 2.97. The molecule has 1 fully saturated rings. The van der Waals surface area contributed by atoms with Crippen LogP contribution < -0.4 is 4.74 Å². The molecule has 0 bridgehead atoms.